The minimum absolute atomic E-state index is 0.0532. The summed E-state index contributed by atoms with van der Waals surface area (Å²) in [5, 5.41) is 9.25. The average Bonchev–Trinajstić information content (AvgIpc) is 2.25. The van der Waals surface area contributed by atoms with Gasteiger partial charge in [0.2, 0.25) is 0 Å². The molecule has 0 aliphatic rings. The van der Waals surface area contributed by atoms with E-state index in [1.54, 1.807) is 18.2 Å². The van der Waals surface area contributed by atoms with E-state index >= 15 is 0 Å². The number of aliphatic hydroxyl groups excluding tert-OH is 1. The van der Waals surface area contributed by atoms with Crippen LogP contribution >= 0.6 is 0 Å². The number of hydrogen-bond donors (Lipinski definition) is 1. The molecule has 1 aromatic carbocycles. The highest BCUT2D eigenvalue weighted by molar-refractivity contribution is 5.21. The van der Waals surface area contributed by atoms with Crippen molar-refractivity contribution in [3.63, 3.8) is 0 Å². The maximum atomic E-state index is 13.5. The van der Waals surface area contributed by atoms with Crippen LogP contribution in [0.4, 0.5) is 4.39 Å². The summed E-state index contributed by atoms with van der Waals surface area (Å²) in [7, 11) is 0. The molecule has 0 aromatic heterocycles. The number of halogens is 1. The van der Waals surface area contributed by atoms with Crippen LogP contribution in [0.25, 0.3) is 0 Å². The molecule has 0 amide bonds. The first kappa shape index (κ1) is 13.1. The van der Waals surface area contributed by atoms with Crippen LogP contribution in [0.2, 0.25) is 0 Å². The van der Waals surface area contributed by atoms with Crippen molar-refractivity contribution in [3.05, 3.63) is 35.6 Å². The minimum atomic E-state index is -0.258. The smallest absolute Gasteiger partial charge is 0.126 e. The topological polar surface area (TPSA) is 29.5 Å². The molecule has 0 radical (unpaired) electrons. The molecule has 0 heterocycles. The zero-order valence-corrected chi connectivity index (χ0v) is 9.82. The predicted molar refractivity (Wildman–Crippen MR) is 61.9 cm³/mol. The Morgan fingerprint density at radius 2 is 2.00 bits per heavy atom. The molecule has 3 heteroatoms. The van der Waals surface area contributed by atoms with Gasteiger partial charge >= 0.3 is 0 Å². The molecule has 0 saturated carbocycles. The molecule has 0 saturated heterocycles. The fourth-order valence-corrected chi connectivity index (χ4v) is 1.60. The highest BCUT2D eigenvalue weighted by Gasteiger charge is 2.14. The highest BCUT2D eigenvalue weighted by atomic mass is 19.1. The maximum absolute atomic E-state index is 13.5. The maximum Gasteiger partial charge on any atom is 0.126 e. The van der Waals surface area contributed by atoms with Crippen LogP contribution in [-0.2, 0) is 4.74 Å². The molecule has 1 unspecified atom stereocenters. The third-order valence-corrected chi connectivity index (χ3v) is 2.48. The van der Waals surface area contributed by atoms with Crippen LogP contribution in [0.1, 0.15) is 31.7 Å². The number of aliphatic hydroxyl groups is 1. The molecular weight excluding hydrogens is 207 g/mol. The van der Waals surface area contributed by atoms with E-state index in [9.17, 15) is 9.50 Å². The van der Waals surface area contributed by atoms with Crippen molar-refractivity contribution in [2.24, 2.45) is 0 Å². The Balaban J connectivity index is 2.57. The van der Waals surface area contributed by atoms with E-state index in [0.29, 0.717) is 18.6 Å². The summed E-state index contributed by atoms with van der Waals surface area (Å²) in [4.78, 5) is 0. The van der Waals surface area contributed by atoms with Gasteiger partial charge in [0.05, 0.1) is 12.7 Å². The normalized spacial score (nSPS) is 13.1. The van der Waals surface area contributed by atoms with Crippen LogP contribution in [0.5, 0.6) is 0 Å². The van der Waals surface area contributed by atoms with E-state index in [-0.39, 0.29) is 24.4 Å². The second kappa shape index (κ2) is 6.61. The summed E-state index contributed by atoms with van der Waals surface area (Å²) in [6, 6.07) is 6.56. The predicted octanol–water partition coefficient (Wildman–Crippen LogP) is 2.72. The van der Waals surface area contributed by atoms with Crippen molar-refractivity contribution >= 4 is 0 Å². The molecule has 1 aromatic rings. The van der Waals surface area contributed by atoms with Crippen molar-refractivity contribution < 1.29 is 14.2 Å². The second-order valence-corrected chi connectivity index (χ2v) is 4.11. The summed E-state index contributed by atoms with van der Waals surface area (Å²) in [5.41, 5.74) is 0.567. The lowest BCUT2D eigenvalue weighted by Crippen LogP contribution is -2.12. The van der Waals surface area contributed by atoms with Crippen molar-refractivity contribution in [1.82, 2.24) is 0 Å². The Labute approximate surface area is 96.1 Å². The van der Waals surface area contributed by atoms with Crippen LogP contribution in [0.3, 0.4) is 0 Å². The molecule has 0 bridgehead atoms. The quantitative estimate of drug-likeness (QED) is 0.808. The van der Waals surface area contributed by atoms with E-state index < -0.39 is 0 Å². The summed E-state index contributed by atoms with van der Waals surface area (Å²) in [5.74, 6) is -0.439. The van der Waals surface area contributed by atoms with Gasteiger partial charge in [0, 0.05) is 12.5 Å². The highest BCUT2D eigenvalue weighted by Crippen LogP contribution is 2.22. The average molecular weight is 226 g/mol. The van der Waals surface area contributed by atoms with E-state index in [4.69, 9.17) is 4.74 Å². The van der Waals surface area contributed by atoms with Crippen molar-refractivity contribution in [3.8, 4) is 0 Å². The van der Waals surface area contributed by atoms with Gasteiger partial charge in [-0.3, -0.25) is 0 Å². The third-order valence-electron chi connectivity index (χ3n) is 2.48. The van der Waals surface area contributed by atoms with Gasteiger partial charge in [-0.2, -0.15) is 0 Å². The first-order valence-electron chi connectivity index (χ1n) is 5.62. The molecule has 2 nitrogen and oxygen atoms in total. The summed E-state index contributed by atoms with van der Waals surface area (Å²) in [6.07, 6.45) is 0.801. The Hall–Kier alpha value is -0.930. The lowest BCUT2D eigenvalue weighted by Gasteiger charge is -2.16. The zero-order chi connectivity index (χ0) is 12.0. The Kier molecular flexibility index (Phi) is 5.43. The molecule has 90 valence electrons. The van der Waals surface area contributed by atoms with Crippen molar-refractivity contribution in [2.45, 2.75) is 32.3 Å². The van der Waals surface area contributed by atoms with Crippen LogP contribution < -0.4 is 0 Å². The van der Waals surface area contributed by atoms with Gasteiger partial charge in [0.25, 0.3) is 0 Å². The summed E-state index contributed by atoms with van der Waals surface area (Å²) >= 11 is 0. The van der Waals surface area contributed by atoms with E-state index in [2.05, 4.69) is 0 Å². The van der Waals surface area contributed by atoms with Crippen molar-refractivity contribution in [2.75, 3.05) is 13.2 Å². The fraction of sp³-hybridized carbons (Fsp3) is 0.538. The molecule has 0 aliphatic heterocycles. The van der Waals surface area contributed by atoms with Gasteiger partial charge in [0.1, 0.15) is 5.82 Å². The zero-order valence-electron chi connectivity index (χ0n) is 9.82. The third kappa shape index (κ3) is 3.91. The SMILES string of the molecule is CC(C)OCCC(CO)c1ccccc1F. The first-order chi connectivity index (χ1) is 7.65. The van der Waals surface area contributed by atoms with E-state index in [1.807, 2.05) is 13.8 Å². The minimum Gasteiger partial charge on any atom is -0.396 e. The summed E-state index contributed by atoms with van der Waals surface area (Å²) in [6.45, 7) is 4.40. The molecule has 1 rings (SSSR count). The Bertz CT molecular complexity index is 313. The Morgan fingerprint density at radius 3 is 2.56 bits per heavy atom. The van der Waals surface area contributed by atoms with Gasteiger partial charge in [-0.15, -0.1) is 0 Å². The first-order valence-corrected chi connectivity index (χ1v) is 5.62. The summed E-state index contributed by atoms with van der Waals surface area (Å²) < 4.78 is 18.9. The number of rotatable bonds is 6. The lowest BCUT2D eigenvalue weighted by molar-refractivity contribution is 0.0688. The van der Waals surface area contributed by atoms with E-state index in [1.165, 1.54) is 6.07 Å². The van der Waals surface area contributed by atoms with Crippen LogP contribution in [0.15, 0.2) is 24.3 Å². The van der Waals surface area contributed by atoms with E-state index in [0.717, 1.165) is 0 Å². The molecule has 0 aliphatic carbocycles. The number of ether oxygens (including phenoxy) is 1. The van der Waals surface area contributed by atoms with Crippen LogP contribution in [-0.4, -0.2) is 24.4 Å². The standard InChI is InChI=1S/C13H19FO2/c1-10(2)16-8-7-11(9-15)12-5-3-4-6-13(12)14/h3-6,10-11,15H,7-9H2,1-2H3. The molecular formula is C13H19FO2. The lowest BCUT2D eigenvalue weighted by atomic mass is 9.96. The van der Waals surface area contributed by atoms with Gasteiger partial charge < -0.3 is 9.84 Å². The molecule has 16 heavy (non-hydrogen) atoms. The molecule has 1 atom stereocenters. The van der Waals surface area contributed by atoms with Gasteiger partial charge in [-0.1, -0.05) is 18.2 Å². The fourth-order valence-electron chi connectivity index (χ4n) is 1.60. The molecule has 1 N–H and O–H groups in total. The second-order valence-electron chi connectivity index (χ2n) is 4.11. The molecule has 0 spiro atoms. The van der Waals surface area contributed by atoms with Crippen molar-refractivity contribution in [1.29, 1.82) is 0 Å². The molecule has 0 fully saturated rings. The van der Waals surface area contributed by atoms with Gasteiger partial charge in [0.15, 0.2) is 0 Å². The van der Waals surface area contributed by atoms with Crippen LogP contribution in [0, 0.1) is 5.82 Å². The number of benzene rings is 1. The largest absolute Gasteiger partial charge is 0.396 e. The van der Waals surface area contributed by atoms with Gasteiger partial charge in [-0.25, -0.2) is 4.39 Å². The Morgan fingerprint density at radius 1 is 1.31 bits per heavy atom. The van der Waals surface area contributed by atoms with Gasteiger partial charge in [-0.05, 0) is 31.9 Å². The number of hydrogen-bond acceptors (Lipinski definition) is 2. The monoisotopic (exact) mass is 226 g/mol.